The van der Waals surface area contributed by atoms with Crippen LogP contribution in [0, 0.1) is 0 Å². The van der Waals surface area contributed by atoms with Crippen molar-refractivity contribution in [3.8, 4) is 17.0 Å². The van der Waals surface area contributed by atoms with Gasteiger partial charge in [-0.1, -0.05) is 30.3 Å². The van der Waals surface area contributed by atoms with Gasteiger partial charge in [-0.15, -0.1) is 0 Å². The van der Waals surface area contributed by atoms with Crippen LogP contribution in [0.15, 0.2) is 47.3 Å². The zero-order valence-corrected chi connectivity index (χ0v) is 14.2. The average molecular weight is 320 g/mol. The van der Waals surface area contributed by atoms with Crippen LogP contribution < -0.4 is 10.4 Å². The number of hydrogen-bond donors (Lipinski definition) is 0. The first-order chi connectivity index (χ1) is 11.5. The first-order valence-corrected chi connectivity index (χ1v) is 8.24. The van der Waals surface area contributed by atoms with Gasteiger partial charge >= 0.3 is 5.69 Å². The van der Waals surface area contributed by atoms with Gasteiger partial charge in [-0.2, -0.15) is 4.98 Å². The number of aromatic nitrogens is 2. The van der Waals surface area contributed by atoms with Crippen LogP contribution in [0.25, 0.3) is 22.2 Å². The molecule has 122 valence electrons. The van der Waals surface area contributed by atoms with E-state index in [-0.39, 0.29) is 11.2 Å². The summed E-state index contributed by atoms with van der Waals surface area (Å²) in [5.74, 6) is 0.880. The minimum atomic E-state index is -0.352. The van der Waals surface area contributed by atoms with E-state index in [1.807, 2.05) is 67.8 Å². The van der Waals surface area contributed by atoms with Crippen molar-refractivity contribution in [1.29, 1.82) is 0 Å². The lowest BCUT2D eigenvalue weighted by Crippen LogP contribution is -2.36. The minimum absolute atomic E-state index is 0.214. The maximum atomic E-state index is 12.9. The zero-order chi connectivity index (χ0) is 16.9. The van der Waals surface area contributed by atoms with Crippen LogP contribution in [-0.4, -0.2) is 16.2 Å². The third-order valence-corrected chi connectivity index (χ3v) is 4.44. The van der Waals surface area contributed by atoms with E-state index in [4.69, 9.17) is 4.74 Å². The van der Waals surface area contributed by atoms with Crippen molar-refractivity contribution < 1.29 is 4.74 Å². The molecule has 0 spiro atoms. The van der Waals surface area contributed by atoms with Crippen LogP contribution in [0.5, 0.6) is 5.75 Å². The van der Waals surface area contributed by atoms with Gasteiger partial charge in [-0.05, 0) is 32.9 Å². The smallest absolute Gasteiger partial charge is 0.349 e. The standard InChI is InChI=1S/C20H20N2O2/c1-20(2,3)22-18-14-11-12-24-16(14)10-9-15(18)17(21-19(22)23)13-7-5-4-6-8-13/h4-10H,11-12H2,1-3H3. The molecule has 0 amide bonds. The van der Waals surface area contributed by atoms with Crippen LogP contribution >= 0.6 is 0 Å². The van der Waals surface area contributed by atoms with E-state index in [0.717, 1.165) is 39.9 Å². The third-order valence-electron chi connectivity index (χ3n) is 4.44. The Morgan fingerprint density at radius 3 is 2.54 bits per heavy atom. The molecule has 0 fully saturated rings. The predicted octanol–water partition coefficient (Wildman–Crippen LogP) is 3.75. The van der Waals surface area contributed by atoms with Gasteiger partial charge in [-0.25, -0.2) is 4.79 Å². The molecule has 4 heteroatoms. The Hall–Kier alpha value is -2.62. The van der Waals surface area contributed by atoms with E-state index in [1.54, 1.807) is 0 Å². The summed E-state index contributed by atoms with van der Waals surface area (Å²) in [7, 11) is 0. The van der Waals surface area contributed by atoms with Crippen molar-refractivity contribution in [2.24, 2.45) is 0 Å². The fourth-order valence-electron chi connectivity index (χ4n) is 3.44. The number of hydrogen-bond acceptors (Lipinski definition) is 3. The molecule has 24 heavy (non-hydrogen) atoms. The van der Waals surface area contributed by atoms with Crippen LogP contribution in [-0.2, 0) is 12.0 Å². The summed E-state index contributed by atoms with van der Waals surface area (Å²) >= 11 is 0. The van der Waals surface area contributed by atoms with E-state index in [0.29, 0.717) is 6.61 Å². The van der Waals surface area contributed by atoms with Gasteiger partial charge in [0.05, 0.1) is 17.8 Å². The summed E-state index contributed by atoms with van der Waals surface area (Å²) in [6, 6.07) is 13.9. The second-order valence-electron chi connectivity index (χ2n) is 7.15. The Morgan fingerprint density at radius 1 is 1.08 bits per heavy atom. The first kappa shape index (κ1) is 14.9. The molecule has 4 rings (SSSR count). The summed E-state index contributed by atoms with van der Waals surface area (Å²) in [5.41, 5.74) is 3.20. The maximum Gasteiger partial charge on any atom is 0.349 e. The van der Waals surface area contributed by atoms with Gasteiger partial charge < -0.3 is 4.74 Å². The highest BCUT2D eigenvalue weighted by atomic mass is 16.5. The lowest BCUT2D eigenvalue weighted by Gasteiger charge is -2.26. The minimum Gasteiger partial charge on any atom is -0.493 e. The summed E-state index contributed by atoms with van der Waals surface area (Å²) in [4.78, 5) is 17.3. The highest BCUT2D eigenvalue weighted by molar-refractivity contribution is 5.95. The predicted molar refractivity (Wildman–Crippen MR) is 95.6 cm³/mol. The second kappa shape index (κ2) is 5.20. The molecule has 0 aliphatic carbocycles. The second-order valence-corrected chi connectivity index (χ2v) is 7.15. The molecule has 1 aromatic heterocycles. The van der Waals surface area contributed by atoms with Gasteiger partial charge in [0.15, 0.2) is 0 Å². The van der Waals surface area contributed by atoms with Crippen molar-refractivity contribution in [3.05, 3.63) is 58.5 Å². The fraction of sp³-hybridized carbons (Fsp3) is 0.300. The van der Waals surface area contributed by atoms with E-state index >= 15 is 0 Å². The highest BCUT2D eigenvalue weighted by Gasteiger charge is 2.26. The summed E-state index contributed by atoms with van der Waals surface area (Å²) in [6.45, 7) is 6.77. The molecule has 4 nitrogen and oxygen atoms in total. The average Bonchev–Trinajstić information content (AvgIpc) is 3.02. The Bertz CT molecular complexity index is 982. The molecular formula is C20H20N2O2. The summed E-state index contributed by atoms with van der Waals surface area (Å²) in [5, 5.41) is 1.000. The van der Waals surface area contributed by atoms with Crippen LogP contribution in [0.2, 0.25) is 0 Å². The number of nitrogens with zero attached hydrogens (tertiary/aromatic N) is 2. The molecule has 0 unspecified atom stereocenters. The molecule has 0 bridgehead atoms. The lowest BCUT2D eigenvalue weighted by molar-refractivity contribution is 0.357. The molecule has 2 heterocycles. The van der Waals surface area contributed by atoms with Gasteiger partial charge in [0.2, 0.25) is 0 Å². The highest BCUT2D eigenvalue weighted by Crippen LogP contribution is 2.37. The van der Waals surface area contributed by atoms with E-state index in [9.17, 15) is 4.79 Å². The fourth-order valence-corrected chi connectivity index (χ4v) is 3.44. The molecular weight excluding hydrogens is 300 g/mol. The SMILES string of the molecule is CC(C)(C)n1c(=O)nc(-c2ccccc2)c2ccc3c(c21)CCO3. The molecule has 0 saturated heterocycles. The first-order valence-electron chi connectivity index (χ1n) is 8.24. The van der Waals surface area contributed by atoms with Crippen molar-refractivity contribution in [2.45, 2.75) is 32.7 Å². The van der Waals surface area contributed by atoms with Gasteiger partial charge in [0.25, 0.3) is 0 Å². The molecule has 0 saturated carbocycles. The maximum absolute atomic E-state index is 12.9. The van der Waals surface area contributed by atoms with Gasteiger partial charge in [0.1, 0.15) is 5.75 Å². The largest absolute Gasteiger partial charge is 0.493 e. The topological polar surface area (TPSA) is 44.1 Å². The van der Waals surface area contributed by atoms with Gasteiger partial charge in [-0.3, -0.25) is 4.57 Å². The number of rotatable bonds is 1. The van der Waals surface area contributed by atoms with E-state index < -0.39 is 0 Å². The molecule has 0 radical (unpaired) electrons. The Balaban J connectivity index is 2.18. The number of fused-ring (bicyclic) bond motifs is 3. The van der Waals surface area contributed by atoms with Crippen molar-refractivity contribution in [1.82, 2.24) is 9.55 Å². The zero-order valence-electron chi connectivity index (χ0n) is 14.2. The van der Waals surface area contributed by atoms with Crippen LogP contribution in [0.3, 0.4) is 0 Å². The Morgan fingerprint density at radius 2 is 1.83 bits per heavy atom. The van der Waals surface area contributed by atoms with Crippen LogP contribution in [0.4, 0.5) is 0 Å². The van der Waals surface area contributed by atoms with Crippen LogP contribution in [0.1, 0.15) is 26.3 Å². The quantitative estimate of drug-likeness (QED) is 0.686. The van der Waals surface area contributed by atoms with Crippen molar-refractivity contribution >= 4 is 10.9 Å². The summed E-state index contributed by atoms with van der Waals surface area (Å²) in [6.07, 6.45) is 0.820. The molecule has 0 atom stereocenters. The lowest BCUT2D eigenvalue weighted by atomic mass is 9.99. The van der Waals surface area contributed by atoms with Gasteiger partial charge in [0, 0.05) is 28.5 Å². The molecule has 1 aliphatic heterocycles. The van der Waals surface area contributed by atoms with E-state index in [1.165, 1.54) is 0 Å². The summed E-state index contributed by atoms with van der Waals surface area (Å²) < 4.78 is 7.53. The van der Waals surface area contributed by atoms with E-state index in [2.05, 4.69) is 4.98 Å². The third kappa shape index (κ3) is 2.21. The Kier molecular flexibility index (Phi) is 3.23. The van der Waals surface area contributed by atoms with Crippen molar-refractivity contribution in [3.63, 3.8) is 0 Å². The molecule has 2 aromatic carbocycles. The molecule has 0 N–H and O–H groups in total. The monoisotopic (exact) mass is 320 g/mol. The number of ether oxygens (including phenoxy) is 1. The molecule has 3 aromatic rings. The normalized spacial score (nSPS) is 13.8. The molecule has 1 aliphatic rings. The Labute approximate surface area is 140 Å². The van der Waals surface area contributed by atoms with Crippen molar-refractivity contribution in [2.75, 3.05) is 6.61 Å². The number of benzene rings is 2.